The smallest absolute Gasteiger partial charge is 0.0977 e. The summed E-state index contributed by atoms with van der Waals surface area (Å²) in [6.45, 7) is 18.3. The first kappa shape index (κ1) is 16.1. The van der Waals surface area contributed by atoms with E-state index in [1.165, 1.54) is 0 Å². The third kappa shape index (κ3) is 8.27. The van der Waals surface area contributed by atoms with Crippen molar-refractivity contribution in [3.05, 3.63) is 13.2 Å². The van der Waals surface area contributed by atoms with Gasteiger partial charge in [-0.05, 0) is 40.5 Å². The molecule has 0 aromatic carbocycles. The van der Waals surface area contributed by atoms with Crippen molar-refractivity contribution in [2.24, 2.45) is 0 Å². The average molecular weight is 202 g/mol. The molecular weight excluding hydrogens is 176 g/mol. The van der Waals surface area contributed by atoms with Gasteiger partial charge in [-0.25, -0.2) is 9.78 Å². The van der Waals surface area contributed by atoms with Crippen LogP contribution in [-0.2, 0) is 9.78 Å². The Kier molecular flexibility index (Phi) is 8.07. The van der Waals surface area contributed by atoms with Crippen LogP contribution in [0, 0.1) is 0 Å². The lowest BCUT2D eigenvalue weighted by atomic mass is 10.1. The van der Waals surface area contributed by atoms with Gasteiger partial charge in [-0.15, -0.1) is 13.2 Å². The molecule has 0 radical (unpaired) electrons. The molecule has 0 aromatic rings. The molecule has 0 aromatic heterocycles. The molecule has 0 fully saturated rings. The van der Waals surface area contributed by atoms with Crippen LogP contribution in [0.4, 0.5) is 0 Å². The second-order valence-corrected chi connectivity index (χ2v) is 4.39. The van der Waals surface area contributed by atoms with Crippen LogP contribution in [0.1, 0.15) is 54.4 Å². The highest BCUT2D eigenvalue weighted by molar-refractivity contribution is 4.66. The predicted octanol–water partition coefficient (Wildman–Crippen LogP) is 4.11. The molecule has 0 heterocycles. The molecule has 0 bridgehead atoms. The lowest BCUT2D eigenvalue weighted by Crippen LogP contribution is -2.31. The normalized spacial score (nSPS) is 11.9. The maximum Gasteiger partial charge on any atom is 0.0977 e. The summed E-state index contributed by atoms with van der Waals surface area (Å²) in [6, 6.07) is 0. The van der Waals surface area contributed by atoms with Crippen LogP contribution in [0.25, 0.3) is 0 Å². The molecule has 0 saturated carbocycles. The predicted molar refractivity (Wildman–Crippen MR) is 62.2 cm³/mol. The molecule has 2 heteroatoms. The minimum atomic E-state index is -0.174. The van der Waals surface area contributed by atoms with Gasteiger partial charge < -0.3 is 0 Å². The van der Waals surface area contributed by atoms with E-state index in [-0.39, 0.29) is 11.2 Å². The summed E-state index contributed by atoms with van der Waals surface area (Å²) in [6.07, 6.45) is 1.90. The van der Waals surface area contributed by atoms with E-state index in [0.717, 1.165) is 12.8 Å². The van der Waals surface area contributed by atoms with Crippen molar-refractivity contribution in [3.63, 3.8) is 0 Å². The van der Waals surface area contributed by atoms with Gasteiger partial charge in [0.2, 0.25) is 0 Å². The summed E-state index contributed by atoms with van der Waals surface area (Å²) < 4.78 is 0. The molecule has 0 spiro atoms. The Morgan fingerprint density at radius 3 is 1.14 bits per heavy atom. The Morgan fingerprint density at radius 1 is 0.786 bits per heavy atom. The standard InChI is InChI=1S/C10H22O2.C2H4/c1-7-9(3,4)11-12-10(5,6)8-2;1-2/h7-8H2,1-6H3;1-2H2. The molecule has 86 valence electrons. The Labute approximate surface area is 89.2 Å². The SMILES string of the molecule is C=C.CCC(C)(C)OOC(C)(C)CC. The first-order valence-corrected chi connectivity index (χ1v) is 5.20. The van der Waals surface area contributed by atoms with E-state index in [0.29, 0.717) is 0 Å². The van der Waals surface area contributed by atoms with E-state index in [2.05, 4.69) is 27.0 Å². The highest BCUT2D eigenvalue weighted by Crippen LogP contribution is 2.20. The zero-order chi connectivity index (χ0) is 11.8. The average Bonchev–Trinajstić information content (AvgIpc) is 2.19. The fourth-order valence-electron chi connectivity index (χ4n) is 0.343. The molecule has 0 atom stereocenters. The quantitative estimate of drug-likeness (QED) is 0.379. The van der Waals surface area contributed by atoms with Crippen LogP contribution < -0.4 is 0 Å². The highest BCUT2D eigenvalue weighted by Gasteiger charge is 2.23. The molecule has 0 rings (SSSR count). The molecule has 2 nitrogen and oxygen atoms in total. The van der Waals surface area contributed by atoms with Crippen LogP contribution >= 0.6 is 0 Å². The number of hydrogen-bond donors (Lipinski definition) is 0. The monoisotopic (exact) mass is 202 g/mol. The van der Waals surface area contributed by atoms with Crippen molar-refractivity contribution in [1.29, 1.82) is 0 Å². The summed E-state index contributed by atoms with van der Waals surface area (Å²) >= 11 is 0. The first-order chi connectivity index (χ1) is 6.33. The lowest BCUT2D eigenvalue weighted by Gasteiger charge is -2.29. The van der Waals surface area contributed by atoms with Gasteiger partial charge in [-0.1, -0.05) is 13.8 Å². The molecule has 0 N–H and O–H groups in total. The second kappa shape index (κ2) is 7.02. The second-order valence-electron chi connectivity index (χ2n) is 4.39. The summed E-state index contributed by atoms with van der Waals surface area (Å²) in [5.41, 5.74) is -0.348. The Bertz CT molecular complexity index is 123. The maximum absolute atomic E-state index is 5.33. The molecule has 14 heavy (non-hydrogen) atoms. The Balaban J connectivity index is 0. The molecule has 0 unspecified atom stereocenters. The fraction of sp³-hybridized carbons (Fsp3) is 0.833. The van der Waals surface area contributed by atoms with Gasteiger partial charge in [-0.3, -0.25) is 0 Å². The van der Waals surface area contributed by atoms with Gasteiger partial charge in [0.05, 0.1) is 11.2 Å². The maximum atomic E-state index is 5.33. The van der Waals surface area contributed by atoms with Gasteiger partial charge >= 0.3 is 0 Å². The Hall–Kier alpha value is -0.340. The molecule has 0 aliphatic rings. The van der Waals surface area contributed by atoms with Gasteiger partial charge in [0.25, 0.3) is 0 Å². The van der Waals surface area contributed by atoms with Gasteiger partial charge in [0.15, 0.2) is 0 Å². The molecule has 0 aliphatic heterocycles. The van der Waals surface area contributed by atoms with Gasteiger partial charge in [-0.2, -0.15) is 0 Å². The largest absolute Gasteiger partial charge is 0.230 e. The van der Waals surface area contributed by atoms with Crippen LogP contribution in [0.15, 0.2) is 13.2 Å². The summed E-state index contributed by atoms with van der Waals surface area (Å²) in [7, 11) is 0. The van der Waals surface area contributed by atoms with E-state index < -0.39 is 0 Å². The minimum absolute atomic E-state index is 0.174. The van der Waals surface area contributed by atoms with Crippen molar-refractivity contribution in [2.75, 3.05) is 0 Å². The van der Waals surface area contributed by atoms with Crippen LogP contribution in [-0.4, -0.2) is 11.2 Å². The van der Waals surface area contributed by atoms with E-state index in [9.17, 15) is 0 Å². The van der Waals surface area contributed by atoms with E-state index in [1.807, 2.05) is 27.7 Å². The van der Waals surface area contributed by atoms with Crippen LogP contribution in [0.2, 0.25) is 0 Å². The minimum Gasteiger partial charge on any atom is -0.230 e. The van der Waals surface area contributed by atoms with E-state index in [1.54, 1.807) is 0 Å². The molecule has 0 amide bonds. The number of rotatable bonds is 5. The van der Waals surface area contributed by atoms with Crippen LogP contribution in [0.5, 0.6) is 0 Å². The highest BCUT2D eigenvalue weighted by atomic mass is 17.2. The summed E-state index contributed by atoms with van der Waals surface area (Å²) in [4.78, 5) is 10.7. The van der Waals surface area contributed by atoms with Crippen molar-refractivity contribution in [1.82, 2.24) is 0 Å². The van der Waals surface area contributed by atoms with Gasteiger partial charge in [0, 0.05) is 0 Å². The van der Waals surface area contributed by atoms with Crippen molar-refractivity contribution < 1.29 is 9.78 Å². The third-order valence-electron chi connectivity index (χ3n) is 2.20. The topological polar surface area (TPSA) is 18.5 Å². The Morgan fingerprint density at radius 2 is 1.00 bits per heavy atom. The number of hydrogen-bond acceptors (Lipinski definition) is 2. The summed E-state index contributed by atoms with van der Waals surface area (Å²) in [5.74, 6) is 0. The third-order valence-corrected chi connectivity index (χ3v) is 2.20. The van der Waals surface area contributed by atoms with Crippen molar-refractivity contribution in [2.45, 2.75) is 65.6 Å². The molecular formula is C12H26O2. The fourth-order valence-corrected chi connectivity index (χ4v) is 0.343. The molecule has 0 aliphatic carbocycles. The zero-order valence-corrected chi connectivity index (χ0v) is 10.6. The lowest BCUT2D eigenvalue weighted by molar-refractivity contribution is -0.401. The zero-order valence-electron chi connectivity index (χ0n) is 10.6. The van der Waals surface area contributed by atoms with Crippen LogP contribution in [0.3, 0.4) is 0 Å². The van der Waals surface area contributed by atoms with Gasteiger partial charge in [0.1, 0.15) is 0 Å². The van der Waals surface area contributed by atoms with E-state index >= 15 is 0 Å². The summed E-state index contributed by atoms with van der Waals surface area (Å²) in [5, 5.41) is 0. The van der Waals surface area contributed by atoms with Crippen molar-refractivity contribution >= 4 is 0 Å². The molecule has 0 saturated heterocycles. The van der Waals surface area contributed by atoms with E-state index in [4.69, 9.17) is 9.78 Å². The first-order valence-electron chi connectivity index (χ1n) is 5.20. The van der Waals surface area contributed by atoms with Crippen molar-refractivity contribution in [3.8, 4) is 0 Å².